The molecule has 1 heterocycles. The molecule has 1 aromatic rings. The van der Waals surface area contributed by atoms with Crippen LogP contribution >= 0.6 is 0 Å². The Labute approximate surface area is 108 Å². The molecular formula is C14H20N2O2. The van der Waals surface area contributed by atoms with Gasteiger partial charge in [-0.15, -0.1) is 0 Å². The first-order valence-corrected chi connectivity index (χ1v) is 6.38. The number of benzene rings is 1. The van der Waals surface area contributed by atoms with Gasteiger partial charge >= 0.3 is 0 Å². The summed E-state index contributed by atoms with van der Waals surface area (Å²) in [7, 11) is 1.75. The molecule has 0 saturated carbocycles. The number of amides is 1. The van der Waals surface area contributed by atoms with Crippen molar-refractivity contribution >= 4 is 11.6 Å². The third kappa shape index (κ3) is 3.82. The second kappa shape index (κ2) is 6.52. The fourth-order valence-corrected chi connectivity index (χ4v) is 2.23. The number of hydrogen-bond donors (Lipinski definition) is 1. The molecule has 0 aliphatic carbocycles. The molecule has 2 rings (SSSR count). The number of anilines is 1. The average Bonchev–Trinajstić information content (AvgIpc) is 2.40. The van der Waals surface area contributed by atoms with E-state index in [2.05, 4.69) is 10.2 Å². The van der Waals surface area contributed by atoms with E-state index in [0.29, 0.717) is 12.6 Å². The number of carbonyl (C=O) groups is 1. The van der Waals surface area contributed by atoms with Crippen LogP contribution in [0.25, 0.3) is 0 Å². The molecule has 1 aliphatic rings. The summed E-state index contributed by atoms with van der Waals surface area (Å²) in [6.07, 6.45) is 2.38. The molecular weight excluding hydrogens is 228 g/mol. The van der Waals surface area contributed by atoms with Crippen molar-refractivity contribution < 1.29 is 9.53 Å². The van der Waals surface area contributed by atoms with Crippen LogP contribution in [0.1, 0.15) is 12.8 Å². The lowest BCUT2D eigenvalue weighted by molar-refractivity contribution is -0.117. The summed E-state index contributed by atoms with van der Waals surface area (Å²) in [6.45, 7) is 2.33. The Hall–Kier alpha value is -1.39. The van der Waals surface area contributed by atoms with E-state index in [4.69, 9.17) is 4.74 Å². The fourth-order valence-electron chi connectivity index (χ4n) is 2.23. The predicted octanol–water partition coefficient (Wildman–Crippen LogP) is 1.74. The highest BCUT2D eigenvalue weighted by atomic mass is 16.5. The first-order chi connectivity index (χ1) is 8.78. The normalized spacial score (nSPS) is 17.6. The van der Waals surface area contributed by atoms with E-state index >= 15 is 0 Å². The lowest BCUT2D eigenvalue weighted by Gasteiger charge is -2.30. The summed E-state index contributed by atoms with van der Waals surface area (Å²) in [6, 6.07) is 9.56. The van der Waals surface area contributed by atoms with Gasteiger partial charge in [0.25, 0.3) is 0 Å². The van der Waals surface area contributed by atoms with Crippen molar-refractivity contribution in [2.75, 3.05) is 32.1 Å². The van der Waals surface area contributed by atoms with Crippen LogP contribution in [0.3, 0.4) is 0 Å². The van der Waals surface area contributed by atoms with Gasteiger partial charge in [-0.3, -0.25) is 9.69 Å². The maximum atomic E-state index is 11.8. The van der Waals surface area contributed by atoms with Gasteiger partial charge in [-0.2, -0.15) is 0 Å². The Morgan fingerprint density at radius 3 is 2.61 bits per heavy atom. The minimum Gasteiger partial charge on any atom is -0.381 e. The molecule has 0 unspecified atom stereocenters. The zero-order valence-corrected chi connectivity index (χ0v) is 10.8. The predicted molar refractivity (Wildman–Crippen MR) is 71.5 cm³/mol. The number of hydrogen-bond acceptors (Lipinski definition) is 3. The quantitative estimate of drug-likeness (QED) is 0.882. The number of ether oxygens (including phenoxy) is 1. The molecule has 4 nitrogen and oxygen atoms in total. The molecule has 0 radical (unpaired) electrons. The van der Waals surface area contributed by atoms with E-state index in [1.54, 1.807) is 7.11 Å². The third-order valence-electron chi connectivity index (χ3n) is 3.29. The number of methoxy groups -OCH3 is 1. The minimum absolute atomic E-state index is 0.0528. The minimum atomic E-state index is 0.0528. The van der Waals surface area contributed by atoms with Crippen LogP contribution in [-0.4, -0.2) is 43.7 Å². The standard InChI is InChI=1S/C14H20N2O2/c1-18-13-7-9-16(10-8-13)11-14(17)15-12-5-3-2-4-6-12/h2-6,13H,7-11H2,1H3,(H,15,17). The molecule has 0 bridgehead atoms. The van der Waals surface area contributed by atoms with Gasteiger partial charge in [-0.05, 0) is 25.0 Å². The van der Waals surface area contributed by atoms with E-state index < -0.39 is 0 Å². The summed E-state index contributed by atoms with van der Waals surface area (Å²) in [5.74, 6) is 0.0528. The van der Waals surface area contributed by atoms with E-state index in [0.717, 1.165) is 31.6 Å². The largest absolute Gasteiger partial charge is 0.381 e. The number of nitrogens with one attached hydrogen (secondary N) is 1. The topological polar surface area (TPSA) is 41.6 Å². The first-order valence-electron chi connectivity index (χ1n) is 6.38. The third-order valence-corrected chi connectivity index (χ3v) is 3.29. The Balaban J connectivity index is 1.75. The van der Waals surface area contributed by atoms with Crippen molar-refractivity contribution in [3.63, 3.8) is 0 Å². The highest BCUT2D eigenvalue weighted by Gasteiger charge is 2.20. The Morgan fingerprint density at radius 2 is 2.00 bits per heavy atom. The Morgan fingerprint density at radius 1 is 1.33 bits per heavy atom. The number of likely N-dealkylation sites (tertiary alicyclic amines) is 1. The smallest absolute Gasteiger partial charge is 0.238 e. The van der Waals surface area contributed by atoms with E-state index in [1.165, 1.54) is 0 Å². The van der Waals surface area contributed by atoms with Crippen molar-refractivity contribution in [3.8, 4) is 0 Å². The molecule has 0 spiro atoms. The lowest BCUT2D eigenvalue weighted by atomic mass is 10.1. The number of rotatable bonds is 4. The molecule has 0 aromatic heterocycles. The summed E-state index contributed by atoms with van der Waals surface area (Å²) in [4.78, 5) is 14.0. The maximum absolute atomic E-state index is 11.8. The molecule has 4 heteroatoms. The fraction of sp³-hybridized carbons (Fsp3) is 0.500. The molecule has 1 fully saturated rings. The number of nitrogens with zero attached hydrogens (tertiary/aromatic N) is 1. The average molecular weight is 248 g/mol. The van der Waals surface area contributed by atoms with Gasteiger partial charge in [0.1, 0.15) is 0 Å². The molecule has 1 aliphatic heterocycles. The summed E-state index contributed by atoms with van der Waals surface area (Å²) in [5, 5.41) is 2.90. The first kappa shape index (κ1) is 13.1. The van der Waals surface area contributed by atoms with Crippen LogP contribution < -0.4 is 5.32 Å². The van der Waals surface area contributed by atoms with Crippen LogP contribution in [0.2, 0.25) is 0 Å². The van der Waals surface area contributed by atoms with E-state index in [1.807, 2.05) is 30.3 Å². The van der Waals surface area contributed by atoms with Crippen LogP contribution in [0.15, 0.2) is 30.3 Å². The van der Waals surface area contributed by atoms with Crippen molar-refractivity contribution in [1.29, 1.82) is 0 Å². The molecule has 98 valence electrons. The number of para-hydroxylation sites is 1. The van der Waals surface area contributed by atoms with Gasteiger partial charge in [0, 0.05) is 25.9 Å². The van der Waals surface area contributed by atoms with Gasteiger partial charge in [0.05, 0.1) is 12.6 Å². The zero-order valence-electron chi connectivity index (χ0n) is 10.8. The second-order valence-corrected chi connectivity index (χ2v) is 4.63. The zero-order chi connectivity index (χ0) is 12.8. The highest BCUT2D eigenvalue weighted by Crippen LogP contribution is 2.12. The van der Waals surface area contributed by atoms with Crippen LogP contribution in [-0.2, 0) is 9.53 Å². The maximum Gasteiger partial charge on any atom is 0.238 e. The summed E-state index contributed by atoms with van der Waals surface area (Å²) in [5.41, 5.74) is 0.856. The monoisotopic (exact) mass is 248 g/mol. The second-order valence-electron chi connectivity index (χ2n) is 4.63. The lowest BCUT2D eigenvalue weighted by Crippen LogP contribution is -2.41. The van der Waals surface area contributed by atoms with E-state index in [9.17, 15) is 4.79 Å². The Bertz CT molecular complexity index is 373. The van der Waals surface area contributed by atoms with Gasteiger partial charge in [-0.25, -0.2) is 0 Å². The SMILES string of the molecule is COC1CCN(CC(=O)Nc2ccccc2)CC1. The van der Waals surface area contributed by atoms with Gasteiger partial charge in [-0.1, -0.05) is 18.2 Å². The van der Waals surface area contributed by atoms with Gasteiger partial charge in [0.2, 0.25) is 5.91 Å². The molecule has 1 amide bonds. The highest BCUT2D eigenvalue weighted by molar-refractivity contribution is 5.92. The van der Waals surface area contributed by atoms with Crippen molar-refractivity contribution in [2.24, 2.45) is 0 Å². The molecule has 0 atom stereocenters. The number of carbonyl (C=O) groups excluding carboxylic acids is 1. The van der Waals surface area contributed by atoms with Crippen molar-refractivity contribution in [2.45, 2.75) is 18.9 Å². The molecule has 1 aromatic carbocycles. The van der Waals surface area contributed by atoms with E-state index in [-0.39, 0.29) is 5.91 Å². The van der Waals surface area contributed by atoms with Crippen molar-refractivity contribution in [3.05, 3.63) is 30.3 Å². The van der Waals surface area contributed by atoms with Crippen molar-refractivity contribution in [1.82, 2.24) is 4.90 Å². The summed E-state index contributed by atoms with van der Waals surface area (Å²) >= 11 is 0. The molecule has 1 N–H and O–H groups in total. The summed E-state index contributed by atoms with van der Waals surface area (Å²) < 4.78 is 5.31. The van der Waals surface area contributed by atoms with Gasteiger partial charge < -0.3 is 10.1 Å². The van der Waals surface area contributed by atoms with Crippen LogP contribution in [0.4, 0.5) is 5.69 Å². The molecule has 18 heavy (non-hydrogen) atoms. The molecule has 1 saturated heterocycles. The van der Waals surface area contributed by atoms with Gasteiger partial charge in [0.15, 0.2) is 0 Å². The number of piperidine rings is 1. The van der Waals surface area contributed by atoms with Crippen LogP contribution in [0.5, 0.6) is 0 Å². The van der Waals surface area contributed by atoms with Crippen LogP contribution in [0, 0.1) is 0 Å². The Kier molecular flexibility index (Phi) is 4.73.